The van der Waals surface area contributed by atoms with Crippen molar-refractivity contribution in [2.45, 2.75) is 290 Å². The summed E-state index contributed by atoms with van der Waals surface area (Å²) in [6.07, 6.45) is 58.0. The third-order valence-electron chi connectivity index (χ3n) is 11.5. The smallest absolute Gasteiger partial charge is 0.305 e. The van der Waals surface area contributed by atoms with Crippen LogP contribution in [0.5, 0.6) is 0 Å². The summed E-state index contributed by atoms with van der Waals surface area (Å²) in [5, 5.41) is 0. The minimum Gasteiger partial charge on any atom is -0.466 e. The number of hydrogen-bond acceptors (Lipinski definition) is 2. The Bertz CT molecular complexity index is 615. The summed E-state index contributed by atoms with van der Waals surface area (Å²) >= 11 is 0. The Morgan fingerprint density at radius 1 is 0.360 bits per heavy atom. The molecule has 0 saturated carbocycles. The van der Waals surface area contributed by atoms with E-state index >= 15 is 0 Å². The standard InChI is InChI=1S/C48H96O2/c1-4-6-7-8-9-32-36-39-42-45-48(49)50-46-43-40-37-34-31-29-27-25-23-21-19-17-15-13-11-10-12-14-16-18-20-22-24-26-28-30-33-35-38-41-44-47(3)5-2/h47H,4-46H2,1-3H3. The summed E-state index contributed by atoms with van der Waals surface area (Å²) in [4.78, 5) is 11.9. The van der Waals surface area contributed by atoms with Gasteiger partial charge in [0.15, 0.2) is 0 Å². The van der Waals surface area contributed by atoms with E-state index in [0.717, 1.165) is 18.8 Å². The molecule has 0 aliphatic heterocycles. The lowest BCUT2D eigenvalue weighted by molar-refractivity contribution is -0.143. The zero-order valence-corrected chi connectivity index (χ0v) is 35.3. The summed E-state index contributed by atoms with van der Waals surface area (Å²) in [6, 6.07) is 0. The number of esters is 1. The van der Waals surface area contributed by atoms with Gasteiger partial charge in [0.05, 0.1) is 6.61 Å². The SMILES string of the molecule is CCCCCCCCCCCC(=O)OCCCCCCCCCCCCCCCCCCCCCCCCCCCCCCCCC(C)CC. The maximum Gasteiger partial charge on any atom is 0.305 e. The molecule has 0 radical (unpaired) electrons. The van der Waals surface area contributed by atoms with Crippen LogP contribution in [0.25, 0.3) is 0 Å². The lowest BCUT2D eigenvalue weighted by Crippen LogP contribution is -2.05. The average Bonchev–Trinajstić information content (AvgIpc) is 3.12. The van der Waals surface area contributed by atoms with Crippen LogP contribution in [0.3, 0.4) is 0 Å². The van der Waals surface area contributed by atoms with Gasteiger partial charge in [-0.15, -0.1) is 0 Å². The van der Waals surface area contributed by atoms with E-state index in [4.69, 9.17) is 4.74 Å². The van der Waals surface area contributed by atoms with Crippen molar-refractivity contribution in [3.8, 4) is 0 Å². The first-order chi connectivity index (χ1) is 24.7. The van der Waals surface area contributed by atoms with Crippen molar-refractivity contribution in [2.24, 2.45) is 5.92 Å². The molecule has 0 amide bonds. The highest BCUT2D eigenvalue weighted by atomic mass is 16.5. The second kappa shape index (κ2) is 44.6. The highest BCUT2D eigenvalue weighted by Gasteiger charge is 2.03. The maximum atomic E-state index is 11.9. The summed E-state index contributed by atoms with van der Waals surface area (Å²) in [5.41, 5.74) is 0. The van der Waals surface area contributed by atoms with E-state index in [2.05, 4.69) is 20.8 Å². The molecule has 0 aliphatic rings. The zero-order chi connectivity index (χ0) is 36.3. The Labute approximate surface area is 317 Å². The normalized spacial score (nSPS) is 12.1. The number of unbranched alkanes of at least 4 members (excludes halogenated alkanes) is 37. The molecule has 0 aromatic rings. The molecule has 0 aromatic carbocycles. The van der Waals surface area contributed by atoms with Gasteiger partial charge in [0.1, 0.15) is 0 Å². The van der Waals surface area contributed by atoms with Crippen LogP contribution < -0.4 is 0 Å². The summed E-state index contributed by atoms with van der Waals surface area (Å²) in [7, 11) is 0. The molecule has 0 rings (SSSR count). The van der Waals surface area contributed by atoms with Gasteiger partial charge in [-0.2, -0.15) is 0 Å². The van der Waals surface area contributed by atoms with Gasteiger partial charge in [-0.3, -0.25) is 4.79 Å². The van der Waals surface area contributed by atoms with Crippen molar-refractivity contribution in [3.05, 3.63) is 0 Å². The quantitative estimate of drug-likeness (QED) is 0.0466. The van der Waals surface area contributed by atoms with Crippen LogP contribution in [0.1, 0.15) is 290 Å². The monoisotopic (exact) mass is 705 g/mol. The summed E-state index contributed by atoms with van der Waals surface area (Å²) in [5.74, 6) is 0.967. The van der Waals surface area contributed by atoms with Gasteiger partial charge in [-0.1, -0.05) is 271 Å². The predicted octanol–water partition coefficient (Wildman–Crippen LogP) is 17.6. The Kier molecular flexibility index (Phi) is 44.2. The Hall–Kier alpha value is -0.530. The molecule has 0 aromatic heterocycles. The van der Waals surface area contributed by atoms with Crippen molar-refractivity contribution in [3.63, 3.8) is 0 Å². The molecule has 50 heavy (non-hydrogen) atoms. The molecule has 2 heteroatoms. The van der Waals surface area contributed by atoms with Gasteiger partial charge in [-0.25, -0.2) is 0 Å². The molecule has 0 fully saturated rings. The molecule has 0 N–H and O–H groups in total. The molecule has 2 nitrogen and oxygen atoms in total. The van der Waals surface area contributed by atoms with Gasteiger partial charge in [0.25, 0.3) is 0 Å². The van der Waals surface area contributed by atoms with Gasteiger partial charge in [0.2, 0.25) is 0 Å². The van der Waals surface area contributed by atoms with E-state index in [9.17, 15) is 4.79 Å². The van der Waals surface area contributed by atoms with Crippen LogP contribution in [0.4, 0.5) is 0 Å². The fourth-order valence-electron chi connectivity index (χ4n) is 7.59. The van der Waals surface area contributed by atoms with Gasteiger partial charge in [0, 0.05) is 6.42 Å². The topological polar surface area (TPSA) is 26.3 Å². The minimum atomic E-state index is 0.0266. The van der Waals surface area contributed by atoms with E-state index in [1.54, 1.807) is 0 Å². The highest BCUT2D eigenvalue weighted by Crippen LogP contribution is 2.18. The zero-order valence-electron chi connectivity index (χ0n) is 35.3. The third kappa shape index (κ3) is 43.6. The Morgan fingerprint density at radius 2 is 0.620 bits per heavy atom. The van der Waals surface area contributed by atoms with Crippen LogP contribution in [-0.4, -0.2) is 12.6 Å². The van der Waals surface area contributed by atoms with E-state index < -0.39 is 0 Å². The largest absolute Gasteiger partial charge is 0.466 e. The lowest BCUT2D eigenvalue weighted by Gasteiger charge is -2.07. The number of hydrogen-bond donors (Lipinski definition) is 0. The minimum absolute atomic E-state index is 0.0266. The van der Waals surface area contributed by atoms with E-state index in [-0.39, 0.29) is 5.97 Å². The van der Waals surface area contributed by atoms with Crippen molar-refractivity contribution < 1.29 is 9.53 Å². The molecular formula is C48H96O2. The number of carbonyl (C=O) groups excluding carboxylic acids is 1. The van der Waals surface area contributed by atoms with Crippen molar-refractivity contribution >= 4 is 5.97 Å². The number of ether oxygens (including phenoxy) is 1. The fourth-order valence-corrected chi connectivity index (χ4v) is 7.59. The summed E-state index contributed by atoms with van der Waals surface area (Å²) in [6.45, 7) is 7.63. The lowest BCUT2D eigenvalue weighted by atomic mass is 9.99. The van der Waals surface area contributed by atoms with E-state index in [0.29, 0.717) is 13.0 Å². The molecular weight excluding hydrogens is 609 g/mol. The van der Waals surface area contributed by atoms with Gasteiger partial charge >= 0.3 is 5.97 Å². The molecule has 1 atom stereocenters. The Balaban J connectivity index is 3.11. The van der Waals surface area contributed by atoms with Gasteiger partial charge < -0.3 is 4.74 Å². The highest BCUT2D eigenvalue weighted by molar-refractivity contribution is 5.69. The molecule has 0 heterocycles. The molecule has 0 spiro atoms. The average molecular weight is 705 g/mol. The molecule has 0 bridgehead atoms. The Morgan fingerprint density at radius 3 is 0.920 bits per heavy atom. The van der Waals surface area contributed by atoms with Crippen molar-refractivity contribution in [2.75, 3.05) is 6.61 Å². The summed E-state index contributed by atoms with van der Waals surface area (Å²) < 4.78 is 5.44. The first-order valence-corrected chi connectivity index (χ1v) is 23.9. The fraction of sp³-hybridized carbons (Fsp3) is 0.979. The van der Waals surface area contributed by atoms with Crippen LogP contribution >= 0.6 is 0 Å². The third-order valence-corrected chi connectivity index (χ3v) is 11.5. The van der Waals surface area contributed by atoms with Crippen LogP contribution in [0, 0.1) is 5.92 Å². The molecule has 0 saturated heterocycles. The first-order valence-electron chi connectivity index (χ1n) is 23.9. The number of rotatable bonds is 44. The van der Waals surface area contributed by atoms with Crippen LogP contribution in [-0.2, 0) is 9.53 Å². The molecule has 300 valence electrons. The molecule has 1 unspecified atom stereocenters. The first kappa shape index (κ1) is 49.5. The van der Waals surface area contributed by atoms with E-state index in [1.807, 2.05) is 0 Å². The number of carbonyl (C=O) groups is 1. The second-order valence-electron chi connectivity index (χ2n) is 16.7. The molecule has 0 aliphatic carbocycles. The van der Waals surface area contributed by atoms with Crippen LogP contribution in [0.2, 0.25) is 0 Å². The van der Waals surface area contributed by atoms with E-state index in [1.165, 1.54) is 250 Å². The second-order valence-corrected chi connectivity index (χ2v) is 16.7. The van der Waals surface area contributed by atoms with Crippen LogP contribution in [0.15, 0.2) is 0 Å². The van der Waals surface area contributed by atoms with Crippen molar-refractivity contribution in [1.82, 2.24) is 0 Å². The van der Waals surface area contributed by atoms with Gasteiger partial charge in [-0.05, 0) is 18.8 Å². The van der Waals surface area contributed by atoms with Crippen molar-refractivity contribution in [1.29, 1.82) is 0 Å². The maximum absolute atomic E-state index is 11.9. The predicted molar refractivity (Wildman–Crippen MR) is 225 cm³/mol.